The third-order valence-corrected chi connectivity index (χ3v) is 5.03. The first kappa shape index (κ1) is 18.1. The van der Waals surface area contributed by atoms with Gasteiger partial charge in [0.2, 0.25) is 0 Å². The summed E-state index contributed by atoms with van der Waals surface area (Å²) < 4.78 is 0. The van der Waals surface area contributed by atoms with Gasteiger partial charge in [0.05, 0.1) is 39.4 Å². The molecule has 0 saturated heterocycles. The molecule has 0 amide bonds. The Kier molecular flexibility index (Phi) is 4.96. The SMILES string of the molecule is c1ccc2[nH]c(CCCc3nc4ccccc4[nH]3)nc2c1.c1ccc2[nH]cnc2c1. The Morgan fingerprint density at radius 1 is 0.567 bits per heavy atom. The van der Waals surface area contributed by atoms with Crippen molar-refractivity contribution < 1.29 is 0 Å². The van der Waals surface area contributed by atoms with Gasteiger partial charge in [0, 0.05) is 12.8 Å². The number of aryl methyl sites for hydroxylation is 2. The maximum absolute atomic E-state index is 4.60. The summed E-state index contributed by atoms with van der Waals surface area (Å²) in [5.74, 6) is 2.10. The highest BCUT2D eigenvalue weighted by Gasteiger charge is 2.04. The van der Waals surface area contributed by atoms with Gasteiger partial charge in [0.15, 0.2) is 0 Å². The van der Waals surface area contributed by atoms with Crippen LogP contribution in [0, 0.1) is 0 Å². The number of aromatic amines is 3. The number of hydrogen-bond acceptors (Lipinski definition) is 3. The highest BCUT2D eigenvalue weighted by Crippen LogP contribution is 2.14. The molecule has 6 rings (SSSR count). The van der Waals surface area contributed by atoms with E-state index >= 15 is 0 Å². The number of para-hydroxylation sites is 6. The van der Waals surface area contributed by atoms with Gasteiger partial charge in [-0.05, 0) is 42.8 Å². The second-order valence-electron chi connectivity index (χ2n) is 7.17. The summed E-state index contributed by atoms with van der Waals surface area (Å²) in [6.45, 7) is 0. The fourth-order valence-corrected chi connectivity index (χ4v) is 3.55. The summed E-state index contributed by atoms with van der Waals surface area (Å²) in [5, 5.41) is 0. The minimum atomic E-state index is 0.936. The second-order valence-corrected chi connectivity index (χ2v) is 7.17. The molecule has 3 aromatic heterocycles. The average molecular weight is 394 g/mol. The lowest BCUT2D eigenvalue weighted by molar-refractivity contribution is 0.759. The van der Waals surface area contributed by atoms with Gasteiger partial charge in [-0.2, -0.15) is 0 Å². The van der Waals surface area contributed by atoms with Crippen LogP contribution in [-0.2, 0) is 12.8 Å². The van der Waals surface area contributed by atoms with E-state index in [9.17, 15) is 0 Å². The van der Waals surface area contributed by atoms with Crippen LogP contribution >= 0.6 is 0 Å². The van der Waals surface area contributed by atoms with Crippen molar-refractivity contribution in [2.45, 2.75) is 19.3 Å². The first-order chi connectivity index (χ1) is 14.8. The molecule has 0 aliphatic rings. The highest BCUT2D eigenvalue weighted by molar-refractivity contribution is 5.75. The number of fused-ring (bicyclic) bond motifs is 3. The smallest absolute Gasteiger partial charge is 0.107 e. The molecule has 6 aromatic rings. The van der Waals surface area contributed by atoms with Crippen LogP contribution in [0.4, 0.5) is 0 Å². The van der Waals surface area contributed by atoms with Gasteiger partial charge in [-0.15, -0.1) is 0 Å². The van der Waals surface area contributed by atoms with E-state index in [4.69, 9.17) is 0 Å². The largest absolute Gasteiger partial charge is 0.345 e. The highest BCUT2D eigenvalue weighted by atomic mass is 14.9. The van der Waals surface area contributed by atoms with E-state index in [-0.39, 0.29) is 0 Å². The van der Waals surface area contributed by atoms with Crippen LogP contribution in [0.2, 0.25) is 0 Å². The van der Waals surface area contributed by atoms with Gasteiger partial charge in [0.25, 0.3) is 0 Å². The topological polar surface area (TPSA) is 86.0 Å². The van der Waals surface area contributed by atoms with Crippen molar-refractivity contribution in [1.82, 2.24) is 29.9 Å². The molecule has 0 aliphatic heterocycles. The van der Waals surface area contributed by atoms with E-state index in [1.54, 1.807) is 6.33 Å². The lowest BCUT2D eigenvalue weighted by Crippen LogP contribution is -1.93. The molecule has 0 unspecified atom stereocenters. The zero-order valence-electron chi connectivity index (χ0n) is 16.5. The standard InChI is InChI=1S/C17H16N4.C7H6N2/c1-2-7-13-12(6-1)18-16(19-13)10-5-11-17-20-14-8-3-4-9-15(14)21-17;1-2-4-7-6(3-1)8-5-9-7/h1-4,6-9H,5,10-11H2,(H,18,19)(H,20,21);1-5H,(H,8,9). The number of rotatable bonds is 4. The Balaban J connectivity index is 0.000000178. The Bertz CT molecular complexity index is 1220. The summed E-state index contributed by atoms with van der Waals surface area (Å²) in [5.41, 5.74) is 6.41. The number of H-pyrrole nitrogens is 3. The van der Waals surface area contributed by atoms with Crippen LogP contribution in [0.25, 0.3) is 33.1 Å². The van der Waals surface area contributed by atoms with E-state index in [0.29, 0.717) is 0 Å². The Hall–Kier alpha value is -3.93. The van der Waals surface area contributed by atoms with Crippen LogP contribution in [0.3, 0.4) is 0 Å². The van der Waals surface area contributed by atoms with Gasteiger partial charge in [0.1, 0.15) is 11.6 Å². The van der Waals surface area contributed by atoms with E-state index in [2.05, 4.69) is 42.0 Å². The van der Waals surface area contributed by atoms with E-state index in [1.165, 1.54) is 0 Å². The number of hydrogen-bond donors (Lipinski definition) is 3. The summed E-state index contributed by atoms with van der Waals surface area (Å²) in [4.78, 5) is 23.0. The Labute approximate surface area is 173 Å². The predicted octanol–water partition coefficient (Wildman–Crippen LogP) is 5.18. The minimum Gasteiger partial charge on any atom is -0.345 e. The number of nitrogens with zero attached hydrogens (tertiary/aromatic N) is 3. The zero-order chi connectivity index (χ0) is 20.2. The van der Waals surface area contributed by atoms with Crippen molar-refractivity contribution in [1.29, 1.82) is 0 Å². The Morgan fingerprint density at radius 3 is 1.60 bits per heavy atom. The van der Waals surface area contributed by atoms with Crippen LogP contribution < -0.4 is 0 Å². The van der Waals surface area contributed by atoms with Crippen molar-refractivity contribution in [2.24, 2.45) is 0 Å². The first-order valence-electron chi connectivity index (χ1n) is 10.1. The Morgan fingerprint density at radius 2 is 1.07 bits per heavy atom. The molecule has 3 N–H and O–H groups in total. The van der Waals surface area contributed by atoms with Crippen LogP contribution in [0.5, 0.6) is 0 Å². The van der Waals surface area contributed by atoms with Crippen molar-refractivity contribution in [3.05, 3.63) is 90.8 Å². The fourth-order valence-electron chi connectivity index (χ4n) is 3.55. The normalized spacial score (nSPS) is 11.1. The molecule has 3 aromatic carbocycles. The summed E-state index contributed by atoms with van der Waals surface area (Å²) in [7, 11) is 0. The maximum Gasteiger partial charge on any atom is 0.107 e. The van der Waals surface area contributed by atoms with Gasteiger partial charge >= 0.3 is 0 Å². The molecule has 3 heterocycles. The summed E-state index contributed by atoms with van der Waals surface area (Å²) >= 11 is 0. The molecule has 0 bridgehead atoms. The molecule has 30 heavy (non-hydrogen) atoms. The van der Waals surface area contributed by atoms with E-state index in [0.717, 1.165) is 64.0 Å². The van der Waals surface area contributed by atoms with Crippen LogP contribution in [0.15, 0.2) is 79.1 Å². The van der Waals surface area contributed by atoms with Gasteiger partial charge in [-0.1, -0.05) is 36.4 Å². The third kappa shape index (κ3) is 3.93. The molecular weight excluding hydrogens is 372 g/mol. The third-order valence-electron chi connectivity index (χ3n) is 5.03. The predicted molar refractivity (Wildman–Crippen MR) is 120 cm³/mol. The quantitative estimate of drug-likeness (QED) is 0.385. The van der Waals surface area contributed by atoms with Gasteiger partial charge < -0.3 is 15.0 Å². The molecular formula is C24H22N6. The van der Waals surface area contributed by atoms with Gasteiger partial charge in [-0.25, -0.2) is 15.0 Å². The average Bonchev–Trinajstić information content (AvgIpc) is 3.51. The number of aromatic nitrogens is 6. The molecule has 0 saturated carbocycles. The second kappa shape index (κ2) is 8.21. The van der Waals surface area contributed by atoms with Crippen molar-refractivity contribution in [3.8, 4) is 0 Å². The van der Waals surface area contributed by atoms with E-state index < -0.39 is 0 Å². The minimum absolute atomic E-state index is 0.936. The molecule has 0 fully saturated rings. The van der Waals surface area contributed by atoms with Crippen molar-refractivity contribution >= 4 is 33.1 Å². The van der Waals surface area contributed by atoms with Crippen molar-refractivity contribution in [2.75, 3.05) is 0 Å². The molecule has 6 nitrogen and oxygen atoms in total. The molecule has 0 radical (unpaired) electrons. The van der Waals surface area contributed by atoms with Crippen molar-refractivity contribution in [3.63, 3.8) is 0 Å². The van der Waals surface area contributed by atoms with Crippen LogP contribution in [0.1, 0.15) is 18.1 Å². The molecule has 0 aliphatic carbocycles. The molecule has 6 heteroatoms. The summed E-state index contributed by atoms with van der Waals surface area (Å²) in [6.07, 6.45) is 4.60. The molecule has 0 spiro atoms. The zero-order valence-corrected chi connectivity index (χ0v) is 16.5. The fraction of sp³-hybridized carbons (Fsp3) is 0.125. The number of imidazole rings is 3. The number of nitrogens with one attached hydrogen (secondary N) is 3. The summed E-state index contributed by atoms with van der Waals surface area (Å²) in [6, 6.07) is 24.2. The first-order valence-corrected chi connectivity index (χ1v) is 10.1. The molecule has 0 atom stereocenters. The lowest BCUT2D eigenvalue weighted by Gasteiger charge is -1.95. The maximum atomic E-state index is 4.60. The van der Waals surface area contributed by atoms with E-state index in [1.807, 2.05) is 60.7 Å². The molecule has 148 valence electrons. The lowest BCUT2D eigenvalue weighted by atomic mass is 10.2. The van der Waals surface area contributed by atoms with Crippen LogP contribution in [-0.4, -0.2) is 29.9 Å². The van der Waals surface area contributed by atoms with Gasteiger partial charge in [-0.3, -0.25) is 0 Å². The number of benzene rings is 3. The monoisotopic (exact) mass is 394 g/mol.